The molecule has 0 aliphatic heterocycles. The molecule has 0 atom stereocenters. The maximum atomic E-state index is 11.3. The Balaban J connectivity index is 2.26. The zero-order chi connectivity index (χ0) is 11.8. The van der Waals surface area contributed by atoms with Crippen molar-refractivity contribution in [2.75, 3.05) is 13.1 Å². The van der Waals surface area contributed by atoms with Crippen molar-refractivity contribution in [2.24, 2.45) is 0 Å². The summed E-state index contributed by atoms with van der Waals surface area (Å²) in [5.41, 5.74) is 1.58. The SMILES string of the molecule is C#CCNCC(=O)NCc1cnc(C)cn1. The predicted octanol–water partition coefficient (Wildman–Crippen LogP) is -0.376. The first-order valence-corrected chi connectivity index (χ1v) is 4.91. The van der Waals surface area contributed by atoms with Gasteiger partial charge >= 0.3 is 0 Å². The van der Waals surface area contributed by atoms with E-state index >= 15 is 0 Å². The Morgan fingerprint density at radius 3 is 2.94 bits per heavy atom. The van der Waals surface area contributed by atoms with Crippen LogP contribution in [-0.4, -0.2) is 29.0 Å². The van der Waals surface area contributed by atoms with E-state index < -0.39 is 0 Å². The lowest BCUT2D eigenvalue weighted by atomic mass is 10.4. The number of hydrogen-bond donors (Lipinski definition) is 2. The maximum absolute atomic E-state index is 11.3. The molecular weight excluding hydrogens is 204 g/mol. The molecule has 5 heteroatoms. The minimum Gasteiger partial charge on any atom is -0.349 e. The zero-order valence-electron chi connectivity index (χ0n) is 9.16. The van der Waals surface area contributed by atoms with Gasteiger partial charge in [0, 0.05) is 6.20 Å². The van der Waals surface area contributed by atoms with E-state index in [1.807, 2.05) is 6.92 Å². The molecule has 0 aliphatic rings. The number of carbonyl (C=O) groups is 1. The quantitative estimate of drug-likeness (QED) is 0.522. The van der Waals surface area contributed by atoms with Gasteiger partial charge in [0.15, 0.2) is 0 Å². The smallest absolute Gasteiger partial charge is 0.234 e. The van der Waals surface area contributed by atoms with E-state index in [1.165, 1.54) is 0 Å². The second kappa shape index (κ2) is 6.53. The number of terminal acetylenes is 1. The molecule has 0 bridgehead atoms. The number of nitrogens with one attached hydrogen (secondary N) is 2. The molecule has 16 heavy (non-hydrogen) atoms. The summed E-state index contributed by atoms with van der Waals surface area (Å²) in [6.45, 7) is 2.84. The monoisotopic (exact) mass is 218 g/mol. The first-order chi connectivity index (χ1) is 7.72. The largest absolute Gasteiger partial charge is 0.349 e. The highest BCUT2D eigenvalue weighted by Gasteiger charge is 2.00. The highest BCUT2D eigenvalue weighted by Crippen LogP contribution is 1.92. The second-order valence-corrected chi connectivity index (χ2v) is 3.23. The van der Waals surface area contributed by atoms with Crippen molar-refractivity contribution in [2.45, 2.75) is 13.5 Å². The molecule has 5 nitrogen and oxygen atoms in total. The molecule has 0 fully saturated rings. The minimum atomic E-state index is -0.113. The molecule has 1 amide bonds. The summed E-state index contributed by atoms with van der Waals surface area (Å²) in [6.07, 6.45) is 8.34. The number of amides is 1. The molecule has 1 rings (SSSR count). The third-order valence-electron chi connectivity index (χ3n) is 1.81. The number of aryl methyl sites for hydroxylation is 1. The Hall–Kier alpha value is -1.93. The minimum absolute atomic E-state index is 0.113. The third kappa shape index (κ3) is 4.53. The lowest BCUT2D eigenvalue weighted by molar-refractivity contribution is -0.120. The summed E-state index contributed by atoms with van der Waals surface area (Å²) in [5, 5.41) is 5.50. The molecule has 0 unspecified atom stereocenters. The van der Waals surface area contributed by atoms with Crippen LogP contribution in [0.1, 0.15) is 11.4 Å². The second-order valence-electron chi connectivity index (χ2n) is 3.23. The molecular formula is C11H14N4O. The van der Waals surface area contributed by atoms with Crippen LogP contribution >= 0.6 is 0 Å². The molecule has 84 valence electrons. The Labute approximate surface area is 94.7 Å². The third-order valence-corrected chi connectivity index (χ3v) is 1.81. The Morgan fingerprint density at radius 2 is 2.31 bits per heavy atom. The van der Waals surface area contributed by atoms with E-state index in [4.69, 9.17) is 6.42 Å². The molecule has 0 radical (unpaired) electrons. The van der Waals surface area contributed by atoms with Gasteiger partial charge in [0.25, 0.3) is 0 Å². The van der Waals surface area contributed by atoms with Crippen LogP contribution in [0.2, 0.25) is 0 Å². The van der Waals surface area contributed by atoms with Gasteiger partial charge in [0.05, 0.1) is 37.2 Å². The number of rotatable bonds is 5. The van der Waals surface area contributed by atoms with Gasteiger partial charge in [0.1, 0.15) is 0 Å². The van der Waals surface area contributed by atoms with Crippen LogP contribution in [0.25, 0.3) is 0 Å². The summed E-state index contributed by atoms with van der Waals surface area (Å²) in [4.78, 5) is 19.5. The summed E-state index contributed by atoms with van der Waals surface area (Å²) >= 11 is 0. The van der Waals surface area contributed by atoms with Gasteiger partial charge in [-0.1, -0.05) is 5.92 Å². The normalized spacial score (nSPS) is 9.50. The number of carbonyl (C=O) groups excluding carboxylic acids is 1. The van der Waals surface area contributed by atoms with Crippen molar-refractivity contribution in [1.29, 1.82) is 0 Å². The standard InChI is InChI=1S/C11H14N4O/c1-3-4-12-8-11(16)15-7-10-6-13-9(2)5-14-10/h1,5-6,12H,4,7-8H2,2H3,(H,15,16). The van der Waals surface area contributed by atoms with Gasteiger partial charge in [-0.05, 0) is 6.92 Å². The predicted molar refractivity (Wildman–Crippen MR) is 60.3 cm³/mol. The van der Waals surface area contributed by atoms with Crippen molar-refractivity contribution < 1.29 is 4.79 Å². The van der Waals surface area contributed by atoms with Gasteiger partial charge in [-0.25, -0.2) is 0 Å². The molecule has 1 aromatic heterocycles. The molecule has 0 spiro atoms. The van der Waals surface area contributed by atoms with Gasteiger partial charge in [-0.2, -0.15) is 0 Å². The average Bonchev–Trinajstić information content (AvgIpc) is 2.29. The fraction of sp³-hybridized carbons (Fsp3) is 0.364. The molecule has 0 aliphatic carbocycles. The summed E-state index contributed by atoms with van der Waals surface area (Å²) in [6, 6.07) is 0. The van der Waals surface area contributed by atoms with E-state index in [0.29, 0.717) is 13.1 Å². The van der Waals surface area contributed by atoms with Crippen molar-refractivity contribution in [3.05, 3.63) is 23.8 Å². The van der Waals surface area contributed by atoms with Crippen LogP contribution in [0.15, 0.2) is 12.4 Å². The van der Waals surface area contributed by atoms with E-state index in [9.17, 15) is 4.79 Å². The van der Waals surface area contributed by atoms with E-state index in [0.717, 1.165) is 11.4 Å². The lowest BCUT2D eigenvalue weighted by Gasteiger charge is -2.04. The fourth-order valence-electron chi connectivity index (χ4n) is 1.01. The van der Waals surface area contributed by atoms with E-state index in [1.54, 1.807) is 12.4 Å². The van der Waals surface area contributed by atoms with Crippen molar-refractivity contribution in [3.63, 3.8) is 0 Å². The lowest BCUT2D eigenvalue weighted by Crippen LogP contribution is -2.33. The molecule has 2 N–H and O–H groups in total. The van der Waals surface area contributed by atoms with Gasteiger partial charge in [0.2, 0.25) is 5.91 Å². The molecule has 1 aromatic rings. The van der Waals surface area contributed by atoms with Gasteiger partial charge in [-0.15, -0.1) is 6.42 Å². The van der Waals surface area contributed by atoms with Crippen LogP contribution in [-0.2, 0) is 11.3 Å². The first kappa shape index (κ1) is 12.1. The van der Waals surface area contributed by atoms with Crippen molar-refractivity contribution >= 4 is 5.91 Å². The highest BCUT2D eigenvalue weighted by molar-refractivity contribution is 5.77. The van der Waals surface area contributed by atoms with Gasteiger partial charge < -0.3 is 5.32 Å². The van der Waals surface area contributed by atoms with Crippen LogP contribution < -0.4 is 10.6 Å². The van der Waals surface area contributed by atoms with Crippen molar-refractivity contribution in [1.82, 2.24) is 20.6 Å². The number of aromatic nitrogens is 2. The summed E-state index contributed by atoms with van der Waals surface area (Å²) in [7, 11) is 0. The highest BCUT2D eigenvalue weighted by atomic mass is 16.1. The van der Waals surface area contributed by atoms with E-state index in [2.05, 4.69) is 26.5 Å². The fourth-order valence-corrected chi connectivity index (χ4v) is 1.01. The Bertz CT molecular complexity index is 380. The zero-order valence-corrected chi connectivity index (χ0v) is 9.16. The molecule has 0 saturated carbocycles. The van der Waals surface area contributed by atoms with Crippen molar-refractivity contribution in [3.8, 4) is 12.3 Å². The Kier molecular flexibility index (Phi) is 4.96. The van der Waals surface area contributed by atoms with Crippen LogP contribution in [0.3, 0.4) is 0 Å². The van der Waals surface area contributed by atoms with E-state index in [-0.39, 0.29) is 12.5 Å². The first-order valence-electron chi connectivity index (χ1n) is 4.91. The number of nitrogens with zero attached hydrogens (tertiary/aromatic N) is 2. The van der Waals surface area contributed by atoms with Crippen LogP contribution in [0.4, 0.5) is 0 Å². The molecule has 0 aromatic carbocycles. The van der Waals surface area contributed by atoms with Crippen LogP contribution in [0, 0.1) is 19.3 Å². The molecule has 1 heterocycles. The Morgan fingerprint density at radius 1 is 1.50 bits per heavy atom. The molecule has 0 saturated heterocycles. The van der Waals surface area contributed by atoms with Gasteiger partial charge in [-0.3, -0.25) is 20.1 Å². The average molecular weight is 218 g/mol. The van der Waals surface area contributed by atoms with Crippen LogP contribution in [0.5, 0.6) is 0 Å². The maximum Gasteiger partial charge on any atom is 0.234 e. The summed E-state index contributed by atoms with van der Waals surface area (Å²) in [5.74, 6) is 2.28. The summed E-state index contributed by atoms with van der Waals surface area (Å²) < 4.78 is 0. The number of hydrogen-bond acceptors (Lipinski definition) is 4. The topological polar surface area (TPSA) is 66.9 Å².